The first-order chi connectivity index (χ1) is 6.66. The number of hydrogen-bond donors (Lipinski definition) is 4. The van der Waals surface area contributed by atoms with E-state index in [9.17, 15) is 15.3 Å². The molecule has 0 radical (unpaired) electrons. The van der Waals surface area contributed by atoms with Crippen molar-refractivity contribution in [3.05, 3.63) is 0 Å². The molecule has 4 N–H and O–H groups in total. The largest absolute Gasteiger partial charge is 0.395 e. The van der Waals surface area contributed by atoms with Crippen LogP contribution in [0, 0.1) is 0 Å². The summed E-state index contributed by atoms with van der Waals surface area (Å²) in [7, 11) is 0. The third-order valence-corrected chi connectivity index (χ3v) is 3.40. The summed E-state index contributed by atoms with van der Waals surface area (Å²) in [5, 5.41) is 38.1. The second kappa shape index (κ2) is 3.75. The van der Waals surface area contributed by atoms with Gasteiger partial charge in [-0.1, -0.05) is 0 Å². The molecular formula is C9H17NO4. The highest BCUT2D eigenvalue weighted by molar-refractivity contribution is 5.05. The van der Waals surface area contributed by atoms with Gasteiger partial charge in [0.15, 0.2) is 0 Å². The van der Waals surface area contributed by atoms with E-state index in [1.54, 1.807) is 0 Å². The van der Waals surface area contributed by atoms with Crippen LogP contribution >= 0.6 is 0 Å². The van der Waals surface area contributed by atoms with Crippen LogP contribution in [0.3, 0.4) is 0 Å². The zero-order chi connectivity index (χ0) is 10.3. The number of aliphatic hydroxyl groups excluding tert-OH is 4. The summed E-state index contributed by atoms with van der Waals surface area (Å²) in [6.07, 6.45) is -0.985. The molecule has 0 aromatic heterocycles. The Bertz CT molecular complexity index is 213. The van der Waals surface area contributed by atoms with Crippen molar-refractivity contribution in [1.29, 1.82) is 0 Å². The Balaban J connectivity index is 2.19. The van der Waals surface area contributed by atoms with Crippen molar-refractivity contribution in [3.8, 4) is 0 Å². The fraction of sp³-hybridized carbons (Fsp3) is 1.00. The van der Waals surface area contributed by atoms with E-state index in [4.69, 9.17) is 5.11 Å². The highest BCUT2D eigenvalue weighted by Gasteiger charge is 2.51. The Morgan fingerprint density at radius 1 is 1.14 bits per heavy atom. The summed E-state index contributed by atoms with van der Waals surface area (Å²) in [5.41, 5.74) is 0. The van der Waals surface area contributed by atoms with Gasteiger partial charge in [-0.2, -0.15) is 0 Å². The molecule has 5 nitrogen and oxygen atoms in total. The van der Waals surface area contributed by atoms with Gasteiger partial charge in [0.25, 0.3) is 0 Å². The first-order valence-electron chi connectivity index (χ1n) is 5.07. The molecule has 2 aliphatic rings. The highest BCUT2D eigenvalue weighted by atomic mass is 16.3. The van der Waals surface area contributed by atoms with E-state index in [1.165, 1.54) is 0 Å². The average molecular weight is 203 g/mol. The second-order valence-electron chi connectivity index (χ2n) is 4.17. The van der Waals surface area contributed by atoms with Crippen LogP contribution in [0.1, 0.15) is 12.8 Å². The quantitative estimate of drug-likeness (QED) is 0.393. The van der Waals surface area contributed by atoms with Gasteiger partial charge in [-0.05, 0) is 19.4 Å². The highest BCUT2D eigenvalue weighted by Crippen LogP contribution is 2.32. The van der Waals surface area contributed by atoms with E-state index in [2.05, 4.69) is 0 Å². The molecular weight excluding hydrogens is 186 g/mol. The molecule has 0 amide bonds. The first kappa shape index (κ1) is 10.3. The topological polar surface area (TPSA) is 84.2 Å². The van der Waals surface area contributed by atoms with Crippen molar-refractivity contribution >= 4 is 0 Å². The van der Waals surface area contributed by atoms with E-state index >= 15 is 0 Å². The van der Waals surface area contributed by atoms with E-state index in [-0.39, 0.29) is 6.61 Å². The summed E-state index contributed by atoms with van der Waals surface area (Å²) in [6.45, 7) is 0.544. The zero-order valence-corrected chi connectivity index (χ0v) is 7.95. The lowest BCUT2D eigenvalue weighted by molar-refractivity contribution is -0.0300. The molecule has 5 atom stereocenters. The van der Waals surface area contributed by atoms with Gasteiger partial charge in [0.05, 0.1) is 37.0 Å². The average Bonchev–Trinajstić information content (AvgIpc) is 2.41. The van der Waals surface area contributed by atoms with E-state index in [0.29, 0.717) is 6.42 Å². The molecule has 2 rings (SSSR count). The standard InChI is InChI=1S/C9H17NO4/c11-4-5-8(13)9(14)7-6(12)2-1-3-10(5)7/h5-9,11-14H,1-4H2. The lowest BCUT2D eigenvalue weighted by Gasteiger charge is -2.36. The first-order valence-corrected chi connectivity index (χ1v) is 5.07. The normalized spacial score (nSPS) is 49.3. The molecule has 0 aromatic rings. The summed E-state index contributed by atoms with van der Waals surface area (Å²) in [5.74, 6) is 0. The molecule has 0 saturated carbocycles. The number of hydrogen-bond acceptors (Lipinski definition) is 5. The number of piperidine rings is 1. The summed E-state index contributed by atoms with van der Waals surface area (Å²) in [4.78, 5) is 1.82. The summed E-state index contributed by atoms with van der Waals surface area (Å²) < 4.78 is 0. The Hall–Kier alpha value is -0.200. The molecule has 2 saturated heterocycles. The molecule has 82 valence electrons. The third kappa shape index (κ3) is 1.36. The number of fused-ring (bicyclic) bond motifs is 1. The second-order valence-corrected chi connectivity index (χ2v) is 4.17. The minimum atomic E-state index is -0.947. The smallest absolute Gasteiger partial charge is 0.0995 e. The Labute approximate surface area is 82.6 Å². The van der Waals surface area contributed by atoms with E-state index < -0.39 is 30.4 Å². The van der Waals surface area contributed by atoms with Crippen LogP contribution in [0.15, 0.2) is 0 Å². The monoisotopic (exact) mass is 203 g/mol. The fourth-order valence-electron chi connectivity index (χ4n) is 2.67. The van der Waals surface area contributed by atoms with Gasteiger partial charge in [0, 0.05) is 0 Å². The minimum Gasteiger partial charge on any atom is -0.395 e. The van der Waals surface area contributed by atoms with E-state index in [0.717, 1.165) is 13.0 Å². The molecule has 2 fully saturated rings. The SMILES string of the molecule is OCC1C(O)C(O)C2C(O)CCCN12. The Kier molecular flexibility index (Phi) is 2.77. The zero-order valence-electron chi connectivity index (χ0n) is 7.95. The molecule has 2 heterocycles. The lowest BCUT2D eigenvalue weighted by atomic mass is 9.97. The number of nitrogens with zero attached hydrogens (tertiary/aromatic N) is 1. The van der Waals surface area contributed by atoms with Crippen molar-refractivity contribution in [2.75, 3.05) is 13.2 Å². The van der Waals surface area contributed by atoms with Crippen LogP contribution in [-0.2, 0) is 0 Å². The van der Waals surface area contributed by atoms with Crippen molar-refractivity contribution in [2.24, 2.45) is 0 Å². The fourth-order valence-corrected chi connectivity index (χ4v) is 2.67. The van der Waals surface area contributed by atoms with Crippen LogP contribution in [0.4, 0.5) is 0 Å². The molecule has 5 heteroatoms. The molecule has 0 spiro atoms. The van der Waals surface area contributed by atoms with Gasteiger partial charge in [-0.3, -0.25) is 4.90 Å². The maximum absolute atomic E-state index is 9.70. The van der Waals surface area contributed by atoms with Crippen molar-refractivity contribution < 1.29 is 20.4 Å². The number of rotatable bonds is 1. The van der Waals surface area contributed by atoms with Crippen molar-refractivity contribution in [3.63, 3.8) is 0 Å². The van der Waals surface area contributed by atoms with Crippen LogP contribution in [-0.4, -0.2) is 68.9 Å². The van der Waals surface area contributed by atoms with Gasteiger partial charge < -0.3 is 20.4 Å². The van der Waals surface area contributed by atoms with Gasteiger partial charge in [0.2, 0.25) is 0 Å². The number of aliphatic hydroxyl groups is 4. The van der Waals surface area contributed by atoms with Crippen LogP contribution in [0.25, 0.3) is 0 Å². The molecule has 0 aromatic carbocycles. The molecule has 5 unspecified atom stereocenters. The lowest BCUT2D eigenvalue weighted by Crippen LogP contribution is -2.51. The Morgan fingerprint density at radius 2 is 1.86 bits per heavy atom. The van der Waals surface area contributed by atoms with Gasteiger partial charge in [-0.15, -0.1) is 0 Å². The minimum absolute atomic E-state index is 0.179. The third-order valence-electron chi connectivity index (χ3n) is 3.40. The van der Waals surface area contributed by atoms with Crippen LogP contribution < -0.4 is 0 Å². The van der Waals surface area contributed by atoms with Crippen LogP contribution in [0.2, 0.25) is 0 Å². The van der Waals surface area contributed by atoms with Crippen LogP contribution in [0.5, 0.6) is 0 Å². The summed E-state index contributed by atoms with van der Waals surface area (Å²) in [6, 6.07) is -0.833. The maximum Gasteiger partial charge on any atom is 0.0995 e. The van der Waals surface area contributed by atoms with Crippen molar-refractivity contribution in [1.82, 2.24) is 4.90 Å². The predicted octanol–water partition coefficient (Wildman–Crippen LogP) is -2.09. The van der Waals surface area contributed by atoms with E-state index in [1.807, 2.05) is 4.90 Å². The van der Waals surface area contributed by atoms with Gasteiger partial charge in [-0.25, -0.2) is 0 Å². The molecule has 14 heavy (non-hydrogen) atoms. The Morgan fingerprint density at radius 3 is 2.50 bits per heavy atom. The summed E-state index contributed by atoms with van der Waals surface area (Å²) >= 11 is 0. The predicted molar refractivity (Wildman–Crippen MR) is 48.6 cm³/mol. The van der Waals surface area contributed by atoms with Gasteiger partial charge >= 0.3 is 0 Å². The van der Waals surface area contributed by atoms with Crippen molar-refractivity contribution in [2.45, 2.75) is 43.2 Å². The maximum atomic E-state index is 9.70. The van der Waals surface area contributed by atoms with Gasteiger partial charge in [0.1, 0.15) is 0 Å². The molecule has 0 bridgehead atoms. The molecule has 2 aliphatic heterocycles. The molecule has 0 aliphatic carbocycles.